The van der Waals surface area contributed by atoms with Gasteiger partial charge in [-0.15, -0.1) is 0 Å². The molecule has 7 N–H and O–H groups in total. The lowest BCUT2D eigenvalue weighted by Gasteiger charge is -2.13. The molecule has 4 rings (SSSR count). The number of fused-ring (bicyclic) bond motifs is 1. The molecule has 0 radical (unpaired) electrons. The molecule has 0 aliphatic rings. The number of nitrogen functional groups attached to an aromatic ring is 1. The highest BCUT2D eigenvalue weighted by Gasteiger charge is 2.23. The fourth-order valence-electron chi connectivity index (χ4n) is 3.66. The summed E-state index contributed by atoms with van der Waals surface area (Å²) in [7, 11) is 1.85. The van der Waals surface area contributed by atoms with Crippen LogP contribution in [0.2, 0.25) is 0 Å². The zero-order valence-corrected chi connectivity index (χ0v) is 18.3. The lowest BCUT2D eigenvalue weighted by Crippen LogP contribution is -2.35. The Morgan fingerprint density at radius 2 is 1.82 bits per heavy atom. The Morgan fingerprint density at radius 3 is 2.50 bits per heavy atom. The standard InChI is InChI=1S/C23H22BN5O5/c24-17-9-8-16-18(19(30)13-4-6-14(34-27)7-5-13)20(25)29(22(16)28-17)11-12-2-1-3-15(10-12)33-21(26)23(31)32/h1-10,21H,11,24-27H2,(H,31,32)/t21-/m0/s1. The number of benzene rings is 2. The summed E-state index contributed by atoms with van der Waals surface area (Å²) in [5, 5.41) is 9.60. The molecule has 2 aromatic heterocycles. The molecule has 0 spiro atoms. The van der Waals surface area contributed by atoms with Gasteiger partial charge in [-0.25, -0.2) is 9.78 Å². The Kier molecular flexibility index (Phi) is 6.22. The van der Waals surface area contributed by atoms with E-state index in [1.165, 1.54) is 0 Å². The van der Waals surface area contributed by atoms with E-state index in [0.29, 0.717) is 33.7 Å². The van der Waals surface area contributed by atoms with Crippen LogP contribution in [0.4, 0.5) is 5.82 Å². The van der Waals surface area contributed by atoms with Crippen LogP contribution in [-0.2, 0) is 11.3 Å². The molecule has 0 aliphatic carbocycles. The molecular formula is C23H22BN5O5. The lowest BCUT2D eigenvalue weighted by atomic mass is 10.00. The van der Waals surface area contributed by atoms with Crippen LogP contribution < -0.4 is 32.5 Å². The van der Waals surface area contributed by atoms with Crippen molar-refractivity contribution in [3.05, 3.63) is 77.4 Å². The van der Waals surface area contributed by atoms with Crippen molar-refractivity contribution in [2.45, 2.75) is 12.8 Å². The summed E-state index contributed by atoms with van der Waals surface area (Å²) in [5.74, 6) is 4.60. The molecular weight excluding hydrogens is 437 g/mol. The summed E-state index contributed by atoms with van der Waals surface area (Å²) < 4.78 is 7.00. The molecule has 4 aromatic rings. The SMILES string of the molecule is Bc1ccc2c(C(=O)c3ccc(ON)cc3)c(N)n(Cc3cccc(O[C@H](N)C(=O)O)c3)c2n1. The van der Waals surface area contributed by atoms with Gasteiger partial charge < -0.3 is 25.0 Å². The number of carbonyl (C=O) groups excluding carboxylic acids is 1. The molecule has 0 fully saturated rings. The minimum atomic E-state index is -1.49. The van der Waals surface area contributed by atoms with E-state index < -0.39 is 12.2 Å². The largest absolute Gasteiger partial charge is 0.477 e. The topological polar surface area (TPSA) is 169 Å². The number of ether oxygens (including phenoxy) is 1. The molecule has 0 saturated heterocycles. The number of nitrogens with zero attached hydrogens (tertiary/aromatic N) is 2. The van der Waals surface area contributed by atoms with Crippen molar-refractivity contribution in [1.82, 2.24) is 9.55 Å². The summed E-state index contributed by atoms with van der Waals surface area (Å²) in [4.78, 5) is 33.7. The maximum Gasteiger partial charge on any atom is 0.360 e. The van der Waals surface area contributed by atoms with Crippen molar-refractivity contribution in [3.63, 3.8) is 0 Å². The highest BCUT2D eigenvalue weighted by atomic mass is 16.6. The average molecular weight is 459 g/mol. The molecule has 2 heterocycles. The smallest absolute Gasteiger partial charge is 0.360 e. The lowest BCUT2D eigenvalue weighted by molar-refractivity contribution is -0.144. The summed E-state index contributed by atoms with van der Waals surface area (Å²) in [6.45, 7) is 0.269. The second-order valence-electron chi connectivity index (χ2n) is 7.67. The van der Waals surface area contributed by atoms with Crippen LogP contribution in [0.15, 0.2) is 60.7 Å². The third kappa shape index (κ3) is 4.42. The third-order valence-corrected chi connectivity index (χ3v) is 5.31. The first-order valence-electron chi connectivity index (χ1n) is 10.3. The fraction of sp³-hybridized carbons (Fsp3) is 0.0870. The van der Waals surface area contributed by atoms with Crippen LogP contribution in [0.25, 0.3) is 11.0 Å². The van der Waals surface area contributed by atoms with Gasteiger partial charge in [-0.1, -0.05) is 18.2 Å². The number of carboxylic acid groups (broad SMARTS) is 1. The molecule has 0 saturated carbocycles. The van der Waals surface area contributed by atoms with Crippen LogP contribution in [0.3, 0.4) is 0 Å². The first-order valence-corrected chi connectivity index (χ1v) is 10.3. The number of nitrogens with two attached hydrogens (primary N) is 3. The van der Waals surface area contributed by atoms with Gasteiger partial charge in [0.2, 0.25) is 6.23 Å². The first kappa shape index (κ1) is 22.8. The molecule has 0 amide bonds. The highest BCUT2D eigenvalue weighted by Crippen LogP contribution is 2.30. The Balaban J connectivity index is 1.75. The molecule has 2 aromatic carbocycles. The van der Waals surface area contributed by atoms with Crippen LogP contribution in [-0.4, -0.2) is 40.5 Å². The predicted octanol–water partition coefficient (Wildman–Crippen LogP) is 0.157. The normalized spacial score (nSPS) is 11.8. The maximum absolute atomic E-state index is 13.4. The Morgan fingerprint density at radius 1 is 1.09 bits per heavy atom. The molecule has 11 heteroatoms. The average Bonchev–Trinajstić information content (AvgIpc) is 3.09. The Bertz CT molecular complexity index is 1390. The number of hydrogen-bond acceptors (Lipinski definition) is 8. The van der Waals surface area contributed by atoms with Gasteiger partial charge in [0.05, 0.1) is 12.1 Å². The molecule has 172 valence electrons. The van der Waals surface area contributed by atoms with Gasteiger partial charge in [0.15, 0.2) is 13.6 Å². The summed E-state index contributed by atoms with van der Waals surface area (Å²) in [6.07, 6.45) is -1.49. The van der Waals surface area contributed by atoms with Crippen LogP contribution in [0.5, 0.6) is 11.5 Å². The number of aliphatic carboxylic acids is 1. The van der Waals surface area contributed by atoms with E-state index in [2.05, 4.69) is 9.82 Å². The summed E-state index contributed by atoms with van der Waals surface area (Å²) >= 11 is 0. The van der Waals surface area contributed by atoms with Gasteiger partial charge in [-0.3, -0.25) is 10.5 Å². The van der Waals surface area contributed by atoms with Gasteiger partial charge in [-0.05, 0) is 53.6 Å². The van der Waals surface area contributed by atoms with E-state index in [-0.39, 0.29) is 18.1 Å². The van der Waals surface area contributed by atoms with Crippen molar-refractivity contribution in [3.8, 4) is 11.5 Å². The van der Waals surface area contributed by atoms with Crippen molar-refractivity contribution in [2.75, 3.05) is 5.73 Å². The van der Waals surface area contributed by atoms with Gasteiger partial charge in [-0.2, -0.15) is 5.90 Å². The molecule has 10 nitrogen and oxygen atoms in total. The summed E-state index contributed by atoms with van der Waals surface area (Å²) in [6, 6.07) is 16.9. The minimum absolute atomic E-state index is 0.255. The van der Waals surface area contributed by atoms with Crippen molar-refractivity contribution in [2.24, 2.45) is 11.6 Å². The summed E-state index contributed by atoms with van der Waals surface area (Å²) in [5.41, 5.74) is 14.8. The predicted molar refractivity (Wildman–Crippen MR) is 129 cm³/mol. The number of ketones is 1. The number of carboxylic acids is 1. The molecule has 0 unspecified atom stereocenters. The second-order valence-corrected chi connectivity index (χ2v) is 7.67. The van der Waals surface area contributed by atoms with Crippen LogP contribution in [0.1, 0.15) is 21.5 Å². The Labute approximate surface area is 195 Å². The number of pyridine rings is 1. The zero-order valence-electron chi connectivity index (χ0n) is 18.3. The van der Waals surface area contributed by atoms with E-state index in [1.807, 2.05) is 26.0 Å². The van der Waals surface area contributed by atoms with Crippen molar-refractivity contribution in [1.29, 1.82) is 0 Å². The third-order valence-electron chi connectivity index (χ3n) is 5.31. The van der Waals surface area contributed by atoms with Gasteiger partial charge in [0.1, 0.15) is 23.0 Å². The molecule has 1 atom stereocenters. The van der Waals surface area contributed by atoms with Crippen LogP contribution in [0, 0.1) is 0 Å². The number of rotatable bonds is 8. The van der Waals surface area contributed by atoms with Gasteiger partial charge in [0, 0.05) is 10.9 Å². The number of aromatic nitrogens is 2. The van der Waals surface area contributed by atoms with E-state index >= 15 is 0 Å². The van der Waals surface area contributed by atoms with Crippen molar-refractivity contribution < 1.29 is 24.3 Å². The van der Waals surface area contributed by atoms with E-state index in [1.54, 1.807) is 47.0 Å². The van der Waals surface area contributed by atoms with E-state index in [0.717, 1.165) is 11.2 Å². The molecule has 0 aliphatic heterocycles. The van der Waals surface area contributed by atoms with Crippen LogP contribution >= 0.6 is 0 Å². The van der Waals surface area contributed by atoms with E-state index in [4.69, 9.17) is 27.2 Å². The number of anilines is 1. The fourth-order valence-corrected chi connectivity index (χ4v) is 3.66. The first-order chi connectivity index (χ1) is 16.3. The maximum atomic E-state index is 13.4. The second kappa shape index (κ2) is 9.26. The number of hydrogen-bond donors (Lipinski definition) is 4. The molecule has 34 heavy (non-hydrogen) atoms. The molecule has 0 bridgehead atoms. The highest BCUT2D eigenvalue weighted by molar-refractivity contribution is 6.31. The van der Waals surface area contributed by atoms with Crippen molar-refractivity contribution >= 4 is 42.0 Å². The minimum Gasteiger partial charge on any atom is -0.477 e. The zero-order chi connectivity index (χ0) is 24.4. The Hall–Kier alpha value is -4.35. The van der Waals surface area contributed by atoms with E-state index in [9.17, 15) is 9.59 Å². The van der Waals surface area contributed by atoms with Gasteiger partial charge in [0.25, 0.3) is 0 Å². The monoisotopic (exact) mass is 459 g/mol. The number of carbonyl (C=O) groups is 2. The quantitative estimate of drug-likeness (QED) is 0.124. The van der Waals surface area contributed by atoms with Gasteiger partial charge >= 0.3 is 5.97 Å².